The number of fused-ring (bicyclic) bond motifs is 1. The van der Waals surface area contributed by atoms with Crippen molar-refractivity contribution >= 4 is 23.0 Å². The van der Waals surface area contributed by atoms with Crippen molar-refractivity contribution in [3.05, 3.63) is 17.7 Å². The average Bonchev–Trinajstić information content (AvgIpc) is 2.47. The maximum Gasteiger partial charge on any atom is 0.224 e. The van der Waals surface area contributed by atoms with Crippen molar-refractivity contribution in [2.45, 2.75) is 19.3 Å². The number of hydrogen-bond donors (Lipinski definition) is 2. The van der Waals surface area contributed by atoms with Gasteiger partial charge in [-0.1, -0.05) is 0 Å². The number of carbonyl (C=O) groups is 1. The van der Waals surface area contributed by atoms with Crippen molar-refractivity contribution in [2.24, 2.45) is 0 Å². The average molecular weight is 288 g/mol. The van der Waals surface area contributed by atoms with Crippen molar-refractivity contribution in [3.63, 3.8) is 0 Å². The predicted molar refractivity (Wildman–Crippen MR) is 82.1 cm³/mol. The number of methoxy groups -OCH3 is 1. The second-order valence-electron chi connectivity index (χ2n) is 5.00. The van der Waals surface area contributed by atoms with Crippen LogP contribution in [0, 0.1) is 11.3 Å². The molecular formula is C15H20N4O2. The van der Waals surface area contributed by atoms with Gasteiger partial charge in [0.05, 0.1) is 30.5 Å². The number of nitrogen functional groups attached to an aromatic ring is 1. The molecule has 1 aliphatic heterocycles. The number of nitrogens with two attached hydrogens (primary N) is 1. The van der Waals surface area contributed by atoms with Crippen LogP contribution in [-0.4, -0.2) is 32.7 Å². The van der Waals surface area contributed by atoms with Crippen LogP contribution in [0.5, 0.6) is 0 Å². The van der Waals surface area contributed by atoms with E-state index in [1.54, 1.807) is 7.11 Å². The molecule has 0 saturated heterocycles. The lowest BCUT2D eigenvalue weighted by atomic mass is 10.0. The summed E-state index contributed by atoms with van der Waals surface area (Å²) in [6.07, 6.45) is 1.61. The van der Waals surface area contributed by atoms with Gasteiger partial charge in [-0.3, -0.25) is 4.79 Å². The van der Waals surface area contributed by atoms with E-state index in [1.807, 2.05) is 17.0 Å². The Balaban J connectivity index is 2.28. The number of nitrogens with one attached hydrogen (secondary N) is 1. The van der Waals surface area contributed by atoms with Gasteiger partial charge in [0.15, 0.2) is 0 Å². The molecular weight excluding hydrogens is 268 g/mol. The number of amides is 1. The molecule has 1 aromatic rings. The normalized spacial score (nSPS) is 13.2. The fourth-order valence-corrected chi connectivity index (χ4v) is 2.45. The van der Waals surface area contributed by atoms with Crippen LogP contribution < -0.4 is 16.0 Å². The van der Waals surface area contributed by atoms with Gasteiger partial charge in [0.25, 0.3) is 0 Å². The standard InChI is InChI=1S/C15H20N4O2/c1-21-8-7-19(6-2-5-16)14-10-13-11(9-12(14)17)3-4-15(20)18-13/h9-10H,2-4,6-8,17H2,1H3,(H,18,20). The predicted octanol–water partition coefficient (Wildman–Crippen LogP) is 1.52. The molecule has 1 heterocycles. The minimum Gasteiger partial charge on any atom is -0.397 e. The molecule has 1 amide bonds. The monoisotopic (exact) mass is 288 g/mol. The van der Waals surface area contributed by atoms with Crippen LogP contribution in [0.4, 0.5) is 17.1 Å². The molecule has 0 radical (unpaired) electrons. The van der Waals surface area contributed by atoms with Gasteiger partial charge in [-0.2, -0.15) is 5.26 Å². The summed E-state index contributed by atoms with van der Waals surface area (Å²) in [4.78, 5) is 13.5. The summed E-state index contributed by atoms with van der Waals surface area (Å²) in [7, 11) is 1.64. The number of aryl methyl sites for hydroxylation is 1. The first-order chi connectivity index (χ1) is 10.2. The highest BCUT2D eigenvalue weighted by atomic mass is 16.5. The molecule has 21 heavy (non-hydrogen) atoms. The molecule has 0 aliphatic carbocycles. The molecule has 0 bridgehead atoms. The summed E-state index contributed by atoms with van der Waals surface area (Å²) in [6, 6.07) is 5.95. The van der Waals surface area contributed by atoms with E-state index in [9.17, 15) is 4.79 Å². The molecule has 3 N–H and O–H groups in total. The van der Waals surface area contributed by atoms with Crippen LogP contribution in [0.2, 0.25) is 0 Å². The third-order valence-corrected chi connectivity index (χ3v) is 3.55. The van der Waals surface area contributed by atoms with Crippen molar-refractivity contribution in [1.82, 2.24) is 0 Å². The van der Waals surface area contributed by atoms with E-state index in [4.69, 9.17) is 15.7 Å². The first kappa shape index (κ1) is 15.1. The summed E-state index contributed by atoms with van der Waals surface area (Å²) in [5.74, 6) is 0.0266. The molecule has 1 aromatic carbocycles. The third-order valence-electron chi connectivity index (χ3n) is 3.55. The zero-order chi connectivity index (χ0) is 15.2. The lowest BCUT2D eigenvalue weighted by Crippen LogP contribution is -2.29. The van der Waals surface area contributed by atoms with Crippen molar-refractivity contribution in [3.8, 4) is 6.07 Å². The number of benzene rings is 1. The highest BCUT2D eigenvalue weighted by Crippen LogP contribution is 2.33. The number of anilines is 3. The first-order valence-corrected chi connectivity index (χ1v) is 6.98. The zero-order valence-electron chi connectivity index (χ0n) is 12.2. The maximum absolute atomic E-state index is 11.5. The van der Waals surface area contributed by atoms with Gasteiger partial charge in [-0.05, 0) is 24.1 Å². The highest BCUT2D eigenvalue weighted by molar-refractivity contribution is 5.95. The fraction of sp³-hybridized carbons (Fsp3) is 0.467. The van der Waals surface area contributed by atoms with Gasteiger partial charge in [-0.15, -0.1) is 0 Å². The van der Waals surface area contributed by atoms with Crippen LogP contribution >= 0.6 is 0 Å². The lowest BCUT2D eigenvalue weighted by molar-refractivity contribution is -0.116. The van der Waals surface area contributed by atoms with Gasteiger partial charge in [0, 0.05) is 32.3 Å². The molecule has 6 nitrogen and oxygen atoms in total. The van der Waals surface area contributed by atoms with Crippen molar-refractivity contribution in [2.75, 3.05) is 42.8 Å². The highest BCUT2D eigenvalue weighted by Gasteiger charge is 2.19. The Morgan fingerprint density at radius 1 is 1.43 bits per heavy atom. The van der Waals surface area contributed by atoms with Crippen LogP contribution in [0.15, 0.2) is 12.1 Å². The van der Waals surface area contributed by atoms with Crippen LogP contribution in [0.3, 0.4) is 0 Å². The minimum absolute atomic E-state index is 0.0266. The van der Waals surface area contributed by atoms with E-state index >= 15 is 0 Å². The molecule has 0 saturated carbocycles. The summed E-state index contributed by atoms with van der Waals surface area (Å²) in [5, 5.41) is 11.7. The largest absolute Gasteiger partial charge is 0.397 e. The van der Waals surface area contributed by atoms with Gasteiger partial charge in [0.2, 0.25) is 5.91 Å². The van der Waals surface area contributed by atoms with E-state index in [0.29, 0.717) is 44.6 Å². The molecule has 1 aliphatic rings. The molecule has 0 atom stereocenters. The second-order valence-corrected chi connectivity index (χ2v) is 5.00. The third kappa shape index (κ3) is 3.64. The van der Waals surface area contributed by atoms with E-state index in [-0.39, 0.29) is 5.91 Å². The number of ether oxygens (including phenoxy) is 1. The topological polar surface area (TPSA) is 91.4 Å². The number of carbonyl (C=O) groups excluding carboxylic acids is 1. The fourth-order valence-electron chi connectivity index (χ4n) is 2.45. The van der Waals surface area contributed by atoms with Gasteiger partial charge >= 0.3 is 0 Å². The zero-order valence-corrected chi connectivity index (χ0v) is 12.2. The number of rotatable bonds is 6. The number of nitrogens with zero attached hydrogens (tertiary/aromatic N) is 2. The Bertz CT molecular complexity index is 566. The molecule has 0 fully saturated rings. The summed E-state index contributed by atoms with van der Waals surface area (Å²) in [6.45, 7) is 1.78. The Hall–Kier alpha value is -2.26. The van der Waals surface area contributed by atoms with E-state index in [1.165, 1.54) is 0 Å². The smallest absolute Gasteiger partial charge is 0.224 e. The summed E-state index contributed by atoms with van der Waals surface area (Å²) < 4.78 is 5.11. The first-order valence-electron chi connectivity index (χ1n) is 6.98. The molecule has 0 aromatic heterocycles. The molecule has 0 unspecified atom stereocenters. The van der Waals surface area contributed by atoms with Gasteiger partial charge < -0.3 is 20.7 Å². The van der Waals surface area contributed by atoms with Crippen LogP contribution in [-0.2, 0) is 16.0 Å². The lowest BCUT2D eigenvalue weighted by Gasteiger charge is -2.27. The van der Waals surface area contributed by atoms with Crippen LogP contribution in [0.1, 0.15) is 18.4 Å². The molecule has 2 rings (SSSR count). The van der Waals surface area contributed by atoms with Gasteiger partial charge in [0.1, 0.15) is 0 Å². The molecule has 6 heteroatoms. The van der Waals surface area contributed by atoms with Crippen molar-refractivity contribution < 1.29 is 9.53 Å². The van der Waals surface area contributed by atoms with Crippen molar-refractivity contribution in [1.29, 1.82) is 5.26 Å². The van der Waals surface area contributed by atoms with E-state index in [0.717, 1.165) is 16.9 Å². The Labute approximate surface area is 124 Å². The maximum atomic E-state index is 11.5. The summed E-state index contributed by atoms with van der Waals surface area (Å²) >= 11 is 0. The minimum atomic E-state index is 0.0266. The Morgan fingerprint density at radius 2 is 2.24 bits per heavy atom. The van der Waals surface area contributed by atoms with Gasteiger partial charge in [-0.25, -0.2) is 0 Å². The molecule has 0 spiro atoms. The van der Waals surface area contributed by atoms with E-state index < -0.39 is 0 Å². The SMILES string of the molecule is COCCN(CCC#N)c1cc2c(cc1N)CCC(=O)N2. The Morgan fingerprint density at radius 3 is 2.95 bits per heavy atom. The Kier molecular flexibility index (Phi) is 5.01. The molecule has 112 valence electrons. The van der Waals surface area contributed by atoms with Crippen LogP contribution in [0.25, 0.3) is 0 Å². The number of nitriles is 1. The van der Waals surface area contributed by atoms with E-state index in [2.05, 4.69) is 11.4 Å². The second kappa shape index (κ2) is 6.95. The quantitative estimate of drug-likeness (QED) is 0.774. The number of hydrogen-bond acceptors (Lipinski definition) is 5. The summed E-state index contributed by atoms with van der Waals surface area (Å²) in [5.41, 5.74) is 9.52.